The predicted molar refractivity (Wildman–Crippen MR) is 97.4 cm³/mol. The highest BCUT2D eigenvalue weighted by Gasteiger charge is 2.20. The Morgan fingerprint density at radius 2 is 2.04 bits per heavy atom. The largest absolute Gasteiger partial charge is 0.478 e. The lowest BCUT2D eigenvalue weighted by Crippen LogP contribution is -2.01. The monoisotopic (exact) mass is 340 g/mol. The molecule has 4 N–H and O–H groups in total. The van der Waals surface area contributed by atoms with Crippen molar-refractivity contribution in [3.63, 3.8) is 0 Å². The van der Waals surface area contributed by atoms with Gasteiger partial charge in [0.05, 0.1) is 5.56 Å². The Bertz CT molecular complexity index is 931. The van der Waals surface area contributed by atoms with Gasteiger partial charge in [-0.05, 0) is 62.1 Å². The van der Waals surface area contributed by atoms with Gasteiger partial charge in [0.1, 0.15) is 5.82 Å². The first kappa shape index (κ1) is 17.2. The van der Waals surface area contributed by atoms with Gasteiger partial charge in [0, 0.05) is 22.2 Å². The molecular weight excluding hydrogens is 319 g/mol. The maximum absolute atomic E-state index is 13.7. The number of rotatable bonds is 6. The van der Waals surface area contributed by atoms with Crippen LogP contribution in [0.4, 0.5) is 4.39 Å². The Morgan fingerprint density at radius 3 is 2.72 bits per heavy atom. The van der Waals surface area contributed by atoms with Gasteiger partial charge in [-0.15, -0.1) is 0 Å². The molecule has 0 saturated heterocycles. The number of aromatic nitrogens is 1. The minimum atomic E-state index is -0.963. The number of H-pyrrole nitrogens is 1. The minimum Gasteiger partial charge on any atom is -0.478 e. The first-order valence-corrected chi connectivity index (χ1v) is 8.36. The molecule has 0 aliphatic rings. The van der Waals surface area contributed by atoms with E-state index < -0.39 is 5.97 Å². The van der Waals surface area contributed by atoms with Crippen LogP contribution in [0.1, 0.15) is 34.3 Å². The van der Waals surface area contributed by atoms with Gasteiger partial charge >= 0.3 is 5.97 Å². The van der Waals surface area contributed by atoms with Crippen molar-refractivity contribution in [3.8, 4) is 11.3 Å². The van der Waals surface area contributed by atoms with E-state index in [4.69, 9.17) is 5.73 Å². The van der Waals surface area contributed by atoms with Gasteiger partial charge in [0.25, 0.3) is 0 Å². The summed E-state index contributed by atoms with van der Waals surface area (Å²) in [7, 11) is 0. The molecule has 0 saturated carbocycles. The molecule has 0 aliphatic heterocycles. The lowest BCUT2D eigenvalue weighted by atomic mass is 9.96. The number of aryl methyl sites for hydroxylation is 2. The van der Waals surface area contributed by atoms with Crippen LogP contribution in [0.25, 0.3) is 22.2 Å². The highest BCUT2D eigenvalue weighted by atomic mass is 19.1. The van der Waals surface area contributed by atoms with Crippen LogP contribution in [-0.4, -0.2) is 22.6 Å². The van der Waals surface area contributed by atoms with Gasteiger partial charge in [0.2, 0.25) is 0 Å². The third-order valence-corrected chi connectivity index (χ3v) is 4.49. The van der Waals surface area contributed by atoms with Crippen molar-refractivity contribution in [1.82, 2.24) is 4.98 Å². The Labute approximate surface area is 145 Å². The second-order valence-corrected chi connectivity index (χ2v) is 6.22. The maximum atomic E-state index is 13.7. The number of carboxylic acids is 1. The van der Waals surface area contributed by atoms with Crippen LogP contribution in [0.5, 0.6) is 0 Å². The second-order valence-electron chi connectivity index (χ2n) is 6.22. The lowest BCUT2D eigenvalue weighted by Gasteiger charge is -2.07. The smallest absolute Gasteiger partial charge is 0.336 e. The summed E-state index contributed by atoms with van der Waals surface area (Å²) in [4.78, 5) is 15.1. The number of unbranched alkanes of at least 4 members (excludes halogenated alkanes) is 1. The molecule has 0 atom stereocenters. The average Bonchev–Trinajstić information content (AvgIpc) is 2.96. The van der Waals surface area contributed by atoms with E-state index in [1.54, 1.807) is 18.2 Å². The third kappa shape index (κ3) is 3.28. The number of hydrogen-bond donors (Lipinski definition) is 3. The topological polar surface area (TPSA) is 79.1 Å². The summed E-state index contributed by atoms with van der Waals surface area (Å²) in [5.74, 6) is -1.28. The molecule has 3 aromatic rings. The molecule has 0 amide bonds. The van der Waals surface area contributed by atoms with Crippen molar-refractivity contribution in [1.29, 1.82) is 0 Å². The number of nitrogens with one attached hydrogen (secondary N) is 1. The number of nitrogens with two attached hydrogens (primary N) is 1. The third-order valence-electron chi connectivity index (χ3n) is 4.49. The molecule has 5 heteroatoms. The van der Waals surface area contributed by atoms with Crippen LogP contribution in [0.3, 0.4) is 0 Å². The second kappa shape index (κ2) is 7.07. The molecule has 0 fully saturated rings. The predicted octanol–water partition coefficient (Wildman–Crippen LogP) is 4.26. The summed E-state index contributed by atoms with van der Waals surface area (Å²) in [5, 5.41) is 10.3. The van der Waals surface area contributed by atoms with Crippen LogP contribution in [0.15, 0.2) is 36.4 Å². The number of aromatic amines is 1. The van der Waals surface area contributed by atoms with Crippen LogP contribution < -0.4 is 5.73 Å². The van der Waals surface area contributed by atoms with Crippen molar-refractivity contribution in [3.05, 3.63) is 58.9 Å². The molecule has 0 aliphatic carbocycles. The molecule has 0 radical (unpaired) electrons. The quantitative estimate of drug-likeness (QED) is 0.587. The molecule has 4 nitrogen and oxygen atoms in total. The maximum Gasteiger partial charge on any atom is 0.336 e. The van der Waals surface area contributed by atoms with Gasteiger partial charge in [-0.2, -0.15) is 0 Å². The molecular formula is C20H21FN2O2. The summed E-state index contributed by atoms with van der Waals surface area (Å²) in [6, 6.07) is 9.78. The molecule has 3 rings (SSSR count). The van der Waals surface area contributed by atoms with E-state index in [0.29, 0.717) is 18.4 Å². The average molecular weight is 340 g/mol. The van der Waals surface area contributed by atoms with Crippen LogP contribution >= 0.6 is 0 Å². The fourth-order valence-corrected chi connectivity index (χ4v) is 3.27. The van der Waals surface area contributed by atoms with Crippen LogP contribution in [-0.2, 0) is 6.42 Å². The highest BCUT2D eigenvalue weighted by molar-refractivity contribution is 6.07. The van der Waals surface area contributed by atoms with Crippen molar-refractivity contribution in [2.75, 3.05) is 6.54 Å². The molecule has 1 heterocycles. The minimum absolute atomic E-state index is 0.266. The normalized spacial score (nSPS) is 11.2. The number of aromatic carboxylic acids is 1. The van der Waals surface area contributed by atoms with Crippen molar-refractivity contribution in [2.24, 2.45) is 5.73 Å². The van der Waals surface area contributed by atoms with Gasteiger partial charge in [0.15, 0.2) is 0 Å². The van der Waals surface area contributed by atoms with E-state index in [9.17, 15) is 14.3 Å². The van der Waals surface area contributed by atoms with E-state index in [1.165, 1.54) is 12.1 Å². The zero-order chi connectivity index (χ0) is 18.0. The molecule has 25 heavy (non-hydrogen) atoms. The summed E-state index contributed by atoms with van der Waals surface area (Å²) >= 11 is 0. The Kier molecular flexibility index (Phi) is 4.86. The van der Waals surface area contributed by atoms with E-state index >= 15 is 0 Å². The molecule has 0 spiro atoms. The number of carbonyl (C=O) groups is 1. The lowest BCUT2D eigenvalue weighted by molar-refractivity contribution is 0.0699. The van der Waals surface area contributed by atoms with Gasteiger partial charge in [-0.3, -0.25) is 0 Å². The zero-order valence-electron chi connectivity index (χ0n) is 14.1. The number of halogens is 1. The molecule has 1 aromatic heterocycles. The summed E-state index contributed by atoms with van der Waals surface area (Å²) in [6.45, 7) is 2.52. The molecule has 0 bridgehead atoms. The van der Waals surface area contributed by atoms with Gasteiger partial charge < -0.3 is 15.8 Å². The fourth-order valence-electron chi connectivity index (χ4n) is 3.27. The number of fused-ring (bicyclic) bond motifs is 1. The molecule has 0 unspecified atom stereocenters. The standard InChI is InChI=1S/C20H21FN2O2/c1-12-8-9-16(20(24)25)17-15(7-2-3-10-22)19(23-18(12)17)13-5-4-6-14(21)11-13/h4-6,8-9,11,23H,2-3,7,10,22H2,1H3,(H,24,25). The molecule has 130 valence electrons. The number of carboxylic acid groups (broad SMARTS) is 1. The van der Waals surface area contributed by atoms with E-state index in [-0.39, 0.29) is 11.4 Å². The summed E-state index contributed by atoms with van der Waals surface area (Å²) in [5.41, 5.74) is 10.0. The first-order valence-electron chi connectivity index (χ1n) is 8.36. The van der Waals surface area contributed by atoms with E-state index in [2.05, 4.69) is 4.98 Å². The van der Waals surface area contributed by atoms with E-state index in [0.717, 1.165) is 40.7 Å². The highest BCUT2D eigenvalue weighted by Crippen LogP contribution is 2.35. The Balaban J connectivity index is 2.28. The summed E-state index contributed by atoms with van der Waals surface area (Å²) in [6.07, 6.45) is 2.38. The SMILES string of the molecule is Cc1ccc(C(=O)O)c2c(CCCCN)c(-c3cccc(F)c3)[nH]c12. The number of hydrogen-bond acceptors (Lipinski definition) is 2. The Morgan fingerprint density at radius 1 is 1.24 bits per heavy atom. The van der Waals surface area contributed by atoms with Crippen molar-refractivity contribution >= 4 is 16.9 Å². The fraction of sp³-hybridized carbons (Fsp3) is 0.250. The number of benzene rings is 2. The van der Waals surface area contributed by atoms with Gasteiger partial charge in [-0.25, -0.2) is 9.18 Å². The van der Waals surface area contributed by atoms with E-state index in [1.807, 2.05) is 13.0 Å². The zero-order valence-corrected chi connectivity index (χ0v) is 14.1. The summed E-state index contributed by atoms with van der Waals surface area (Å²) < 4.78 is 13.7. The van der Waals surface area contributed by atoms with Crippen molar-refractivity contribution in [2.45, 2.75) is 26.2 Å². The van der Waals surface area contributed by atoms with Crippen molar-refractivity contribution < 1.29 is 14.3 Å². The van der Waals surface area contributed by atoms with Crippen LogP contribution in [0, 0.1) is 12.7 Å². The Hall–Kier alpha value is -2.66. The van der Waals surface area contributed by atoms with Gasteiger partial charge in [-0.1, -0.05) is 18.2 Å². The van der Waals surface area contributed by atoms with Crippen LogP contribution in [0.2, 0.25) is 0 Å². The first-order chi connectivity index (χ1) is 12.0. The molecule has 2 aromatic carbocycles.